The first-order valence-corrected chi connectivity index (χ1v) is 5.80. The van der Waals surface area contributed by atoms with E-state index < -0.39 is 0 Å². The molecule has 1 heteroatoms. The highest BCUT2D eigenvalue weighted by atomic mass is 35.5. The minimum atomic E-state index is 0.719. The average molecular weight is 209 g/mol. The SMILES string of the molecule is CC(C)C1CC(c2ccccc2Cl)C1. The predicted molar refractivity (Wildman–Crippen MR) is 61.8 cm³/mol. The first-order valence-electron chi connectivity index (χ1n) is 5.43. The van der Waals surface area contributed by atoms with Crippen molar-refractivity contribution in [1.29, 1.82) is 0 Å². The number of hydrogen-bond donors (Lipinski definition) is 0. The molecule has 76 valence electrons. The van der Waals surface area contributed by atoms with E-state index in [1.807, 2.05) is 12.1 Å². The molecule has 0 amide bonds. The maximum Gasteiger partial charge on any atom is 0.0440 e. The van der Waals surface area contributed by atoms with Crippen LogP contribution in [0, 0.1) is 11.8 Å². The van der Waals surface area contributed by atoms with E-state index in [9.17, 15) is 0 Å². The third-order valence-corrected chi connectivity index (χ3v) is 3.81. The molecule has 0 nitrogen and oxygen atoms in total. The van der Waals surface area contributed by atoms with Crippen molar-refractivity contribution >= 4 is 11.6 Å². The fraction of sp³-hybridized carbons (Fsp3) is 0.538. The van der Waals surface area contributed by atoms with Crippen molar-refractivity contribution in [3.63, 3.8) is 0 Å². The fourth-order valence-electron chi connectivity index (χ4n) is 2.27. The lowest BCUT2D eigenvalue weighted by atomic mass is 9.67. The average Bonchev–Trinajstić information content (AvgIpc) is 2.05. The van der Waals surface area contributed by atoms with Crippen LogP contribution in [0.2, 0.25) is 5.02 Å². The van der Waals surface area contributed by atoms with Crippen LogP contribution in [-0.4, -0.2) is 0 Å². The van der Waals surface area contributed by atoms with Crippen LogP contribution in [0.5, 0.6) is 0 Å². The highest BCUT2D eigenvalue weighted by molar-refractivity contribution is 6.31. The molecule has 0 aromatic heterocycles. The summed E-state index contributed by atoms with van der Waals surface area (Å²) in [4.78, 5) is 0. The monoisotopic (exact) mass is 208 g/mol. The van der Waals surface area contributed by atoms with Crippen molar-refractivity contribution in [2.75, 3.05) is 0 Å². The van der Waals surface area contributed by atoms with Crippen LogP contribution in [0.1, 0.15) is 38.2 Å². The van der Waals surface area contributed by atoms with E-state index in [0.29, 0.717) is 0 Å². The molecular formula is C13H17Cl. The predicted octanol–water partition coefficient (Wildman–Crippen LogP) is 4.49. The lowest BCUT2D eigenvalue weighted by Crippen LogP contribution is -2.26. The largest absolute Gasteiger partial charge is 0.0840 e. The van der Waals surface area contributed by atoms with Crippen molar-refractivity contribution < 1.29 is 0 Å². The number of benzene rings is 1. The molecule has 0 heterocycles. The molecule has 0 spiro atoms. The number of halogens is 1. The van der Waals surface area contributed by atoms with E-state index >= 15 is 0 Å². The Labute approximate surface area is 91.3 Å². The molecule has 1 aromatic carbocycles. The van der Waals surface area contributed by atoms with Gasteiger partial charge in [0.25, 0.3) is 0 Å². The van der Waals surface area contributed by atoms with Gasteiger partial charge in [0.1, 0.15) is 0 Å². The van der Waals surface area contributed by atoms with Gasteiger partial charge in [0.15, 0.2) is 0 Å². The van der Waals surface area contributed by atoms with E-state index in [-0.39, 0.29) is 0 Å². The lowest BCUT2D eigenvalue weighted by molar-refractivity contribution is 0.197. The molecule has 0 atom stereocenters. The zero-order chi connectivity index (χ0) is 10.1. The summed E-state index contributed by atoms with van der Waals surface area (Å²) in [7, 11) is 0. The Morgan fingerprint density at radius 2 is 1.86 bits per heavy atom. The lowest BCUT2D eigenvalue weighted by Gasteiger charge is -2.38. The Kier molecular flexibility index (Phi) is 2.83. The normalized spacial score (nSPS) is 26.3. The van der Waals surface area contributed by atoms with Crippen LogP contribution in [0.3, 0.4) is 0 Å². The summed E-state index contributed by atoms with van der Waals surface area (Å²) in [6, 6.07) is 8.26. The summed E-state index contributed by atoms with van der Waals surface area (Å²) in [5, 5.41) is 0.944. The minimum Gasteiger partial charge on any atom is -0.0840 e. The molecule has 0 radical (unpaired) electrons. The highest BCUT2D eigenvalue weighted by Gasteiger charge is 2.32. The summed E-state index contributed by atoms with van der Waals surface area (Å²) in [6.07, 6.45) is 2.64. The van der Waals surface area contributed by atoms with E-state index in [2.05, 4.69) is 26.0 Å². The molecule has 14 heavy (non-hydrogen) atoms. The Balaban J connectivity index is 2.03. The van der Waals surface area contributed by atoms with Crippen LogP contribution in [0.4, 0.5) is 0 Å². The molecular weight excluding hydrogens is 192 g/mol. The molecule has 2 rings (SSSR count). The van der Waals surface area contributed by atoms with Gasteiger partial charge >= 0.3 is 0 Å². The van der Waals surface area contributed by atoms with Gasteiger partial charge in [-0.15, -0.1) is 0 Å². The van der Waals surface area contributed by atoms with Crippen LogP contribution in [-0.2, 0) is 0 Å². The number of rotatable bonds is 2. The smallest absolute Gasteiger partial charge is 0.0440 e. The zero-order valence-corrected chi connectivity index (χ0v) is 9.59. The summed E-state index contributed by atoms with van der Waals surface area (Å²) >= 11 is 6.16. The molecule has 0 bridgehead atoms. The molecule has 0 unspecified atom stereocenters. The number of hydrogen-bond acceptors (Lipinski definition) is 0. The maximum absolute atomic E-state index is 6.16. The maximum atomic E-state index is 6.16. The topological polar surface area (TPSA) is 0 Å². The van der Waals surface area contributed by atoms with E-state index in [4.69, 9.17) is 11.6 Å². The van der Waals surface area contributed by atoms with Gasteiger partial charge in [0, 0.05) is 5.02 Å². The van der Waals surface area contributed by atoms with Gasteiger partial charge < -0.3 is 0 Å². The standard InChI is InChI=1S/C13H17Cl/c1-9(2)10-7-11(8-10)12-5-3-4-6-13(12)14/h3-6,9-11H,7-8H2,1-2H3. The third-order valence-electron chi connectivity index (χ3n) is 3.46. The molecule has 0 saturated heterocycles. The molecule has 1 fully saturated rings. The van der Waals surface area contributed by atoms with Crippen LogP contribution >= 0.6 is 11.6 Å². The van der Waals surface area contributed by atoms with Crippen LogP contribution in [0.25, 0.3) is 0 Å². The molecule has 0 aliphatic heterocycles. The van der Waals surface area contributed by atoms with Crippen molar-refractivity contribution in [1.82, 2.24) is 0 Å². The molecule has 0 N–H and O–H groups in total. The van der Waals surface area contributed by atoms with Crippen LogP contribution < -0.4 is 0 Å². The second kappa shape index (κ2) is 3.94. The van der Waals surface area contributed by atoms with Crippen molar-refractivity contribution in [2.24, 2.45) is 11.8 Å². The van der Waals surface area contributed by atoms with Crippen LogP contribution in [0.15, 0.2) is 24.3 Å². The molecule has 1 aliphatic rings. The quantitative estimate of drug-likeness (QED) is 0.672. The summed E-state index contributed by atoms with van der Waals surface area (Å²) in [6.45, 7) is 4.63. The van der Waals surface area contributed by atoms with Gasteiger partial charge in [-0.1, -0.05) is 43.6 Å². The Morgan fingerprint density at radius 1 is 1.21 bits per heavy atom. The highest BCUT2D eigenvalue weighted by Crippen LogP contribution is 2.46. The third kappa shape index (κ3) is 1.81. The van der Waals surface area contributed by atoms with Gasteiger partial charge in [-0.25, -0.2) is 0 Å². The van der Waals surface area contributed by atoms with Gasteiger partial charge in [-0.2, -0.15) is 0 Å². The minimum absolute atomic E-state index is 0.719. The second-order valence-electron chi connectivity index (χ2n) is 4.69. The first-order chi connectivity index (χ1) is 6.68. The van der Waals surface area contributed by atoms with Crippen molar-refractivity contribution in [3.05, 3.63) is 34.9 Å². The molecule has 1 aliphatic carbocycles. The Hall–Kier alpha value is -0.490. The van der Waals surface area contributed by atoms with Crippen molar-refractivity contribution in [2.45, 2.75) is 32.6 Å². The fourth-order valence-corrected chi connectivity index (χ4v) is 2.56. The van der Waals surface area contributed by atoms with Crippen molar-refractivity contribution in [3.8, 4) is 0 Å². The summed E-state index contributed by atoms with van der Waals surface area (Å²) in [5.41, 5.74) is 1.35. The van der Waals surface area contributed by atoms with Gasteiger partial charge in [-0.3, -0.25) is 0 Å². The van der Waals surface area contributed by atoms with Gasteiger partial charge in [-0.05, 0) is 42.2 Å². The zero-order valence-electron chi connectivity index (χ0n) is 8.83. The van der Waals surface area contributed by atoms with E-state index in [0.717, 1.165) is 22.8 Å². The van der Waals surface area contributed by atoms with Gasteiger partial charge in [0.05, 0.1) is 0 Å². The Bertz CT molecular complexity index is 311. The molecule has 1 saturated carbocycles. The second-order valence-corrected chi connectivity index (χ2v) is 5.10. The van der Waals surface area contributed by atoms with Gasteiger partial charge in [0.2, 0.25) is 0 Å². The summed E-state index contributed by atoms with van der Waals surface area (Å²) < 4.78 is 0. The first kappa shape index (κ1) is 10.0. The Morgan fingerprint density at radius 3 is 2.43 bits per heavy atom. The van der Waals surface area contributed by atoms with E-state index in [1.54, 1.807) is 0 Å². The molecule has 1 aromatic rings. The summed E-state index contributed by atoms with van der Waals surface area (Å²) in [5.74, 6) is 2.46. The van der Waals surface area contributed by atoms with E-state index in [1.165, 1.54) is 18.4 Å².